The molecule has 0 aromatic carbocycles. The summed E-state index contributed by atoms with van der Waals surface area (Å²) in [6.45, 7) is 3.28. The summed E-state index contributed by atoms with van der Waals surface area (Å²) in [6, 6.07) is 1.70. The number of alkyl halides is 1. The number of nitriles is 1. The van der Waals surface area contributed by atoms with Crippen LogP contribution < -0.4 is 5.32 Å². The summed E-state index contributed by atoms with van der Waals surface area (Å²) in [5.41, 5.74) is 0. The topological polar surface area (TPSA) is 35.8 Å². The second kappa shape index (κ2) is 6.24. The Morgan fingerprint density at radius 1 is 1.80 bits per heavy atom. The van der Waals surface area contributed by atoms with Gasteiger partial charge in [0.25, 0.3) is 0 Å². The molecule has 2 nitrogen and oxygen atoms in total. The standard InChI is InChI=1S/C7H11FN2/c1-2-3-7(6-9)10-5-4-8/h2,7,10H,1,3-5H2. The first-order valence-corrected chi connectivity index (χ1v) is 3.15. The van der Waals surface area contributed by atoms with Gasteiger partial charge in [-0.25, -0.2) is 4.39 Å². The molecule has 0 spiro atoms. The van der Waals surface area contributed by atoms with Gasteiger partial charge in [0.1, 0.15) is 6.67 Å². The minimum Gasteiger partial charge on any atom is -0.299 e. The van der Waals surface area contributed by atoms with Crippen LogP contribution >= 0.6 is 0 Å². The van der Waals surface area contributed by atoms with E-state index in [1.165, 1.54) is 0 Å². The first kappa shape index (κ1) is 9.12. The zero-order chi connectivity index (χ0) is 7.82. The van der Waals surface area contributed by atoms with Gasteiger partial charge in [-0.3, -0.25) is 5.32 Å². The monoisotopic (exact) mass is 142 g/mol. The van der Waals surface area contributed by atoms with Gasteiger partial charge in [-0.15, -0.1) is 6.58 Å². The van der Waals surface area contributed by atoms with Crippen LogP contribution in [0.4, 0.5) is 4.39 Å². The largest absolute Gasteiger partial charge is 0.299 e. The van der Waals surface area contributed by atoms with Gasteiger partial charge in [0.2, 0.25) is 0 Å². The molecule has 0 fully saturated rings. The lowest BCUT2D eigenvalue weighted by Gasteiger charge is -2.05. The molecule has 0 radical (unpaired) electrons. The molecule has 10 heavy (non-hydrogen) atoms. The van der Waals surface area contributed by atoms with Crippen LogP contribution in [0.15, 0.2) is 12.7 Å². The van der Waals surface area contributed by atoms with E-state index in [1.54, 1.807) is 6.08 Å². The van der Waals surface area contributed by atoms with Crippen LogP contribution in [0.2, 0.25) is 0 Å². The van der Waals surface area contributed by atoms with Crippen molar-refractivity contribution >= 4 is 0 Å². The van der Waals surface area contributed by atoms with Crippen molar-refractivity contribution in [3.05, 3.63) is 12.7 Å². The highest BCUT2D eigenvalue weighted by molar-refractivity contribution is 4.94. The highest BCUT2D eigenvalue weighted by atomic mass is 19.1. The van der Waals surface area contributed by atoms with E-state index in [-0.39, 0.29) is 12.6 Å². The van der Waals surface area contributed by atoms with Crippen LogP contribution in [0, 0.1) is 11.3 Å². The van der Waals surface area contributed by atoms with Gasteiger partial charge in [0.15, 0.2) is 0 Å². The Morgan fingerprint density at radius 3 is 2.90 bits per heavy atom. The maximum atomic E-state index is 11.5. The normalized spacial score (nSPS) is 12.0. The van der Waals surface area contributed by atoms with Crippen molar-refractivity contribution < 1.29 is 4.39 Å². The molecule has 1 atom stereocenters. The van der Waals surface area contributed by atoms with Gasteiger partial charge >= 0.3 is 0 Å². The highest BCUT2D eigenvalue weighted by Gasteiger charge is 2.01. The number of hydrogen-bond donors (Lipinski definition) is 1. The quantitative estimate of drug-likeness (QED) is 0.581. The lowest BCUT2D eigenvalue weighted by Crippen LogP contribution is -2.28. The lowest BCUT2D eigenvalue weighted by atomic mass is 10.2. The molecule has 0 saturated carbocycles. The van der Waals surface area contributed by atoms with Crippen molar-refractivity contribution in [2.45, 2.75) is 12.5 Å². The Bertz CT molecular complexity index is 128. The van der Waals surface area contributed by atoms with E-state index >= 15 is 0 Å². The molecule has 0 saturated heterocycles. The maximum absolute atomic E-state index is 11.5. The van der Waals surface area contributed by atoms with Crippen molar-refractivity contribution in [1.82, 2.24) is 5.32 Å². The second-order valence-corrected chi connectivity index (χ2v) is 1.85. The van der Waals surface area contributed by atoms with E-state index in [0.29, 0.717) is 6.42 Å². The van der Waals surface area contributed by atoms with Gasteiger partial charge < -0.3 is 0 Å². The number of nitrogens with one attached hydrogen (secondary N) is 1. The lowest BCUT2D eigenvalue weighted by molar-refractivity contribution is 0.454. The SMILES string of the molecule is C=CCC(C#N)NCCF. The molecule has 1 unspecified atom stereocenters. The van der Waals surface area contributed by atoms with Gasteiger partial charge in [-0.1, -0.05) is 6.08 Å². The number of nitrogens with zero attached hydrogens (tertiary/aromatic N) is 1. The van der Waals surface area contributed by atoms with Crippen LogP contribution in [-0.2, 0) is 0 Å². The molecule has 0 aliphatic heterocycles. The fourth-order valence-electron chi connectivity index (χ4n) is 0.577. The maximum Gasteiger partial charge on any atom is 0.102 e. The first-order chi connectivity index (χ1) is 4.85. The van der Waals surface area contributed by atoms with Crippen LogP contribution in [0.1, 0.15) is 6.42 Å². The third-order valence-corrected chi connectivity index (χ3v) is 1.04. The average Bonchev–Trinajstić information content (AvgIpc) is 1.98. The molecule has 3 heteroatoms. The van der Waals surface area contributed by atoms with Crippen molar-refractivity contribution in [1.29, 1.82) is 5.26 Å². The Labute approximate surface area is 60.3 Å². The minimum atomic E-state index is -0.435. The van der Waals surface area contributed by atoms with Crippen molar-refractivity contribution in [3.63, 3.8) is 0 Å². The van der Waals surface area contributed by atoms with Crippen LogP contribution in [-0.4, -0.2) is 19.3 Å². The van der Waals surface area contributed by atoms with E-state index in [9.17, 15) is 4.39 Å². The zero-order valence-corrected chi connectivity index (χ0v) is 5.81. The van der Waals surface area contributed by atoms with Gasteiger partial charge in [-0.2, -0.15) is 5.26 Å². The minimum absolute atomic E-state index is 0.242. The molecule has 0 rings (SSSR count). The number of hydrogen-bond acceptors (Lipinski definition) is 2. The Kier molecular flexibility index (Phi) is 5.69. The molecule has 0 aliphatic carbocycles. The van der Waals surface area contributed by atoms with Crippen molar-refractivity contribution in [2.24, 2.45) is 0 Å². The van der Waals surface area contributed by atoms with Gasteiger partial charge in [0.05, 0.1) is 12.1 Å². The molecule has 1 N–H and O–H groups in total. The molecule has 0 aromatic rings. The smallest absolute Gasteiger partial charge is 0.102 e. The predicted octanol–water partition coefficient (Wildman–Crippen LogP) is 1.01. The Hall–Kier alpha value is -0.880. The highest BCUT2D eigenvalue weighted by Crippen LogP contribution is 1.89. The van der Waals surface area contributed by atoms with E-state index in [4.69, 9.17) is 5.26 Å². The summed E-state index contributed by atoms with van der Waals surface area (Å²) in [7, 11) is 0. The molecule has 0 aromatic heterocycles. The van der Waals surface area contributed by atoms with Crippen LogP contribution in [0.25, 0.3) is 0 Å². The molecular formula is C7H11FN2. The van der Waals surface area contributed by atoms with E-state index in [0.717, 1.165) is 0 Å². The fraction of sp³-hybridized carbons (Fsp3) is 0.571. The molecule has 0 aliphatic rings. The number of halogens is 1. The van der Waals surface area contributed by atoms with Gasteiger partial charge in [0, 0.05) is 6.54 Å². The van der Waals surface area contributed by atoms with Crippen LogP contribution in [0.3, 0.4) is 0 Å². The summed E-state index contributed by atoms with van der Waals surface area (Å²) in [6.07, 6.45) is 2.20. The summed E-state index contributed by atoms with van der Waals surface area (Å²) >= 11 is 0. The Balaban J connectivity index is 3.42. The second-order valence-electron chi connectivity index (χ2n) is 1.85. The molecular weight excluding hydrogens is 131 g/mol. The zero-order valence-electron chi connectivity index (χ0n) is 5.81. The fourth-order valence-corrected chi connectivity index (χ4v) is 0.577. The molecule has 0 amide bonds. The predicted molar refractivity (Wildman–Crippen MR) is 38.2 cm³/mol. The molecule has 56 valence electrons. The summed E-state index contributed by atoms with van der Waals surface area (Å²) in [5, 5.41) is 11.1. The molecule has 0 heterocycles. The number of rotatable bonds is 5. The van der Waals surface area contributed by atoms with Gasteiger partial charge in [-0.05, 0) is 6.42 Å². The van der Waals surface area contributed by atoms with Crippen molar-refractivity contribution in [3.8, 4) is 6.07 Å². The summed E-state index contributed by atoms with van der Waals surface area (Å²) < 4.78 is 11.5. The van der Waals surface area contributed by atoms with E-state index in [1.807, 2.05) is 6.07 Å². The van der Waals surface area contributed by atoms with E-state index in [2.05, 4.69) is 11.9 Å². The van der Waals surface area contributed by atoms with Crippen molar-refractivity contribution in [2.75, 3.05) is 13.2 Å². The molecule has 0 bridgehead atoms. The first-order valence-electron chi connectivity index (χ1n) is 3.15. The Morgan fingerprint density at radius 2 is 2.50 bits per heavy atom. The average molecular weight is 142 g/mol. The van der Waals surface area contributed by atoms with Crippen LogP contribution in [0.5, 0.6) is 0 Å². The summed E-state index contributed by atoms with van der Waals surface area (Å²) in [5.74, 6) is 0. The third-order valence-electron chi connectivity index (χ3n) is 1.04. The third kappa shape index (κ3) is 4.04. The van der Waals surface area contributed by atoms with E-state index < -0.39 is 6.67 Å². The summed E-state index contributed by atoms with van der Waals surface area (Å²) in [4.78, 5) is 0.